The van der Waals surface area contributed by atoms with E-state index in [2.05, 4.69) is 10.6 Å². The van der Waals surface area contributed by atoms with Crippen LogP contribution in [0.4, 0.5) is 17.1 Å². The first-order valence-electron chi connectivity index (χ1n) is 9.02. The quantitative estimate of drug-likeness (QED) is 0.420. The van der Waals surface area contributed by atoms with Crippen molar-refractivity contribution in [1.82, 2.24) is 0 Å². The average Bonchev–Trinajstić information content (AvgIpc) is 2.76. The zero-order valence-corrected chi connectivity index (χ0v) is 18.0. The average molecular weight is 446 g/mol. The smallest absolute Gasteiger partial charge is 0.255 e. The number of amides is 1. The number of nitrogen functional groups attached to an aromatic ring is 1. The molecule has 0 unspecified atom stereocenters. The van der Waals surface area contributed by atoms with Crippen molar-refractivity contribution in [3.05, 3.63) is 75.8 Å². The second kappa shape index (κ2) is 9.61. The molecule has 0 saturated heterocycles. The molecule has 0 heterocycles. The summed E-state index contributed by atoms with van der Waals surface area (Å²) in [7, 11) is 3.19. The number of hydrogen-bond acceptors (Lipinski definition) is 5. The van der Waals surface area contributed by atoms with E-state index in [1.165, 1.54) is 12.1 Å². The molecule has 0 aliphatic heterocycles. The largest absolute Gasteiger partial charge is 0.493 e. The highest BCUT2D eigenvalue weighted by Gasteiger charge is 2.11. The van der Waals surface area contributed by atoms with Crippen LogP contribution in [0.1, 0.15) is 15.9 Å². The standard InChI is InChI=1S/C22H21Cl2N3O3/c1-29-20-8-7-15(9-21(20)30-2)26-12-13-3-5-14(6-4-13)22(28)27-19-11-17(24)16(23)10-18(19)25/h3-11,26H,12,25H2,1-2H3,(H,27,28). The van der Waals surface area contributed by atoms with Gasteiger partial charge in [0.25, 0.3) is 5.91 Å². The topological polar surface area (TPSA) is 85.6 Å². The molecule has 0 radical (unpaired) electrons. The van der Waals surface area contributed by atoms with Crippen molar-refractivity contribution < 1.29 is 14.3 Å². The van der Waals surface area contributed by atoms with Crippen LogP contribution >= 0.6 is 23.2 Å². The van der Waals surface area contributed by atoms with Crippen LogP contribution < -0.4 is 25.8 Å². The Morgan fingerprint density at radius 1 is 0.933 bits per heavy atom. The highest BCUT2D eigenvalue weighted by atomic mass is 35.5. The fourth-order valence-corrected chi connectivity index (χ4v) is 3.13. The lowest BCUT2D eigenvalue weighted by Gasteiger charge is -2.12. The number of halogens is 2. The van der Waals surface area contributed by atoms with E-state index < -0.39 is 0 Å². The summed E-state index contributed by atoms with van der Waals surface area (Å²) in [6.45, 7) is 0.580. The van der Waals surface area contributed by atoms with Crippen molar-refractivity contribution in [3.8, 4) is 11.5 Å². The number of benzene rings is 3. The molecule has 3 aromatic carbocycles. The highest BCUT2D eigenvalue weighted by molar-refractivity contribution is 6.42. The van der Waals surface area contributed by atoms with Crippen LogP contribution in [0.5, 0.6) is 11.5 Å². The predicted molar refractivity (Wildman–Crippen MR) is 122 cm³/mol. The van der Waals surface area contributed by atoms with Crippen LogP contribution in [0.25, 0.3) is 0 Å². The highest BCUT2D eigenvalue weighted by Crippen LogP contribution is 2.31. The van der Waals surface area contributed by atoms with Gasteiger partial charge in [-0.25, -0.2) is 0 Å². The maximum Gasteiger partial charge on any atom is 0.255 e. The number of hydrogen-bond donors (Lipinski definition) is 3. The van der Waals surface area contributed by atoms with Gasteiger partial charge in [0.2, 0.25) is 0 Å². The van der Waals surface area contributed by atoms with Crippen molar-refractivity contribution >= 4 is 46.2 Å². The van der Waals surface area contributed by atoms with Gasteiger partial charge in [-0.15, -0.1) is 0 Å². The molecule has 156 valence electrons. The first-order chi connectivity index (χ1) is 14.4. The first-order valence-corrected chi connectivity index (χ1v) is 9.77. The number of nitrogens with two attached hydrogens (primary N) is 1. The van der Waals surface area contributed by atoms with Crippen LogP contribution in [-0.2, 0) is 6.54 Å². The molecule has 3 rings (SSSR count). The third-order valence-corrected chi connectivity index (χ3v) is 5.16. The minimum atomic E-state index is -0.292. The van der Waals surface area contributed by atoms with Crippen LogP contribution in [0, 0.1) is 0 Å². The lowest BCUT2D eigenvalue weighted by Crippen LogP contribution is -2.13. The molecule has 8 heteroatoms. The van der Waals surface area contributed by atoms with E-state index in [4.69, 9.17) is 38.4 Å². The van der Waals surface area contributed by atoms with E-state index in [9.17, 15) is 4.79 Å². The van der Waals surface area contributed by atoms with Gasteiger partial charge in [0.05, 0.1) is 35.6 Å². The number of anilines is 3. The van der Waals surface area contributed by atoms with E-state index in [1.807, 2.05) is 30.3 Å². The molecular weight excluding hydrogens is 425 g/mol. The molecule has 1 amide bonds. The second-order valence-corrected chi connectivity index (χ2v) is 7.24. The van der Waals surface area contributed by atoms with Crippen molar-refractivity contribution in [2.75, 3.05) is 30.6 Å². The number of methoxy groups -OCH3 is 2. The van der Waals surface area contributed by atoms with Crippen molar-refractivity contribution in [2.45, 2.75) is 6.54 Å². The molecule has 3 aromatic rings. The summed E-state index contributed by atoms with van der Waals surface area (Å²) in [6.07, 6.45) is 0. The SMILES string of the molecule is COc1ccc(NCc2ccc(C(=O)Nc3cc(Cl)c(Cl)cc3N)cc2)cc1OC. The van der Waals surface area contributed by atoms with E-state index in [-0.39, 0.29) is 5.91 Å². The minimum Gasteiger partial charge on any atom is -0.493 e. The monoisotopic (exact) mass is 445 g/mol. The predicted octanol–water partition coefficient (Wildman–Crippen LogP) is 5.46. The fraction of sp³-hybridized carbons (Fsp3) is 0.136. The zero-order chi connectivity index (χ0) is 21.7. The van der Waals surface area contributed by atoms with Gasteiger partial charge < -0.3 is 25.8 Å². The summed E-state index contributed by atoms with van der Waals surface area (Å²) in [5.41, 5.74) is 9.04. The van der Waals surface area contributed by atoms with Gasteiger partial charge in [0.1, 0.15) is 0 Å². The van der Waals surface area contributed by atoms with Crippen LogP contribution in [0.15, 0.2) is 54.6 Å². The zero-order valence-electron chi connectivity index (χ0n) is 16.5. The van der Waals surface area contributed by atoms with Gasteiger partial charge in [-0.1, -0.05) is 35.3 Å². The van der Waals surface area contributed by atoms with E-state index in [0.29, 0.717) is 45.0 Å². The van der Waals surface area contributed by atoms with Gasteiger partial charge in [-0.2, -0.15) is 0 Å². The molecule has 0 fully saturated rings. The Kier molecular flexibility index (Phi) is 6.92. The molecule has 0 saturated carbocycles. The molecule has 30 heavy (non-hydrogen) atoms. The molecule has 6 nitrogen and oxygen atoms in total. The Morgan fingerprint density at radius 2 is 1.60 bits per heavy atom. The Morgan fingerprint density at radius 3 is 2.27 bits per heavy atom. The summed E-state index contributed by atoms with van der Waals surface area (Å²) in [4.78, 5) is 12.5. The van der Waals surface area contributed by atoms with Gasteiger partial charge in [-0.3, -0.25) is 4.79 Å². The minimum absolute atomic E-state index is 0.292. The lowest BCUT2D eigenvalue weighted by atomic mass is 10.1. The summed E-state index contributed by atoms with van der Waals surface area (Å²) < 4.78 is 10.5. The molecule has 0 bridgehead atoms. The van der Waals surface area contributed by atoms with Crippen LogP contribution in [0.3, 0.4) is 0 Å². The molecule has 0 aliphatic rings. The van der Waals surface area contributed by atoms with E-state index >= 15 is 0 Å². The Labute approximate surface area is 184 Å². The molecule has 0 aliphatic carbocycles. The van der Waals surface area contributed by atoms with Crippen LogP contribution in [0.2, 0.25) is 10.0 Å². The summed E-state index contributed by atoms with van der Waals surface area (Å²) in [6, 6.07) is 15.9. The first kappa shape index (κ1) is 21.6. The summed E-state index contributed by atoms with van der Waals surface area (Å²) in [5.74, 6) is 1.02. The molecule has 0 aromatic heterocycles. The lowest BCUT2D eigenvalue weighted by molar-refractivity contribution is 0.102. The maximum absolute atomic E-state index is 12.5. The maximum atomic E-state index is 12.5. The van der Waals surface area contributed by atoms with Crippen molar-refractivity contribution in [1.29, 1.82) is 0 Å². The Balaban J connectivity index is 1.63. The summed E-state index contributed by atoms with van der Waals surface area (Å²) in [5, 5.41) is 6.71. The Hall–Kier alpha value is -3.09. The number of nitrogens with one attached hydrogen (secondary N) is 2. The molecule has 0 spiro atoms. The second-order valence-electron chi connectivity index (χ2n) is 6.43. The number of carbonyl (C=O) groups excluding carboxylic acids is 1. The summed E-state index contributed by atoms with van der Waals surface area (Å²) >= 11 is 11.9. The van der Waals surface area contributed by atoms with Gasteiger partial charge >= 0.3 is 0 Å². The third kappa shape index (κ3) is 5.09. The third-order valence-electron chi connectivity index (χ3n) is 4.44. The molecule has 4 N–H and O–H groups in total. The van der Waals surface area contributed by atoms with Gasteiger partial charge in [0.15, 0.2) is 11.5 Å². The number of ether oxygens (including phenoxy) is 2. The number of rotatable bonds is 7. The molecule has 0 atom stereocenters. The van der Waals surface area contributed by atoms with Crippen molar-refractivity contribution in [2.24, 2.45) is 0 Å². The van der Waals surface area contributed by atoms with Crippen LogP contribution in [-0.4, -0.2) is 20.1 Å². The molecular formula is C22H21Cl2N3O3. The van der Waals surface area contributed by atoms with Crippen molar-refractivity contribution in [3.63, 3.8) is 0 Å². The fourth-order valence-electron chi connectivity index (χ4n) is 2.79. The van der Waals surface area contributed by atoms with E-state index in [0.717, 1.165) is 11.3 Å². The van der Waals surface area contributed by atoms with E-state index in [1.54, 1.807) is 26.4 Å². The normalized spacial score (nSPS) is 10.4. The van der Waals surface area contributed by atoms with Gasteiger partial charge in [-0.05, 0) is 42.0 Å². The number of carbonyl (C=O) groups is 1. The van der Waals surface area contributed by atoms with Gasteiger partial charge in [0, 0.05) is 23.9 Å². The Bertz CT molecular complexity index is 1060.